The third-order valence-electron chi connectivity index (χ3n) is 5.43. The zero-order valence-corrected chi connectivity index (χ0v) is 16.8. The van der Waals surface area contributed by atoms with Crippen LogP contribution in [0.3, 0.4) is 0 Å². The Morgan fingerprint density at radius 1 is 1.24 bits per heavy atom. The highest BCUT2D eigenvalue weighted by Crippen LogP contribution is 2.27. The predicted molar refractivity (Wildman–Crippen MR) is 114 cm³/mol. The molecule has 2 N–H and O–H groups in total. The molecule has 29 heavy (non-hydrogen) atoms. The quantitative estimate of drug-likeness (QED) is 0.689. The number of nitrogens with zero attached hydrogens (tertiary/aromatic N) is 2. The van der Waals surface area contributed by atoms with E-state index in [0.29, 0.717) is 23.9 Å². The Kier molecular flexibility index (Phi) is 5.51. The van der Waals surface area contributed by atoms with Crippen molar-refractivity contribution in [3.05, 3.63) is 71.8 Å². The standard InChI is InChI=1S/C23H26N4O2/c1-16-14-27(15-25-16)21-10-9-20(12-22(21)29-2)26-23(28)24-13-17-7-8-18-5-3-4-6-19(18)11-17/h3-6,9-10,12,14-15,17H,7-8,11,13H2,1-2H3,(H2,24,26,28). The second-order valence-corrected chi connectivity index (χ2v) is 7.52. The number of carbonyl (C=O) groups is 1. The van der Waals surface area contributed by atoms with Crippen LogP contribution in [-0.4, -0.2) is 29.2 Å². The van der Waals surface area contributed by atoms with Crippen LogP contribution in [0.25, 0.3) is 5.69 Å². The van der Waals surface area contributed by atoms with Gasteiger partial charge < -0.3 is 19.9 Å². The molecule has 1 aliphatic rings. The monoisotopic (exact) mass is 390 g/mol. The zero-order valence-electron chi connectivity index (χ0n) is 16.8. The van der Waals surface area contributed by atoms with Gasteiger partial charge >= 0.3 is 6.03 Å². The van der Waals surface area contributed by atoms with Crippen LogP contribution in [0, 0.1) is 12.8 Å². The van der Waals surface area contributed by atoms with Gasteiger partial charge in [0, 0.05) is 24.5 Å². The molecule has 0 saturated carbocycles. The lowest BCUT2D eigenvalue weighted by molar-refractivity contribution is 0.249. The molecule has 1 atom stereocenters. The van der Waals surface area contributed by atoms with Gasteiger partial charge in [0.2, 0.25) is 0 Å². The summed E-state index contributed by atoms with van der Waals surface area (Å²) >= 11 is 0. The van der Waals surface area contributed by atoms with Crippen LogP contribution in [0.2, 0.25) is 0 Å². The summed E-state index contributed by atoms with van der Waals surface area (Å²) in [6.45, 7) is 2.61. The number of benzene rings is 2. The van der Waals surface area contributed by atoms with Crippen molar-refractivity contribution in [3.8, 4) is 11.4 Å². The molecule has 2 amide bonds. The number of methoxy groups -OCH3 is 1. The van der Waals surface area contributed by atoms with Crippen molar-refractivity contribution in [2.45, 2.75) is 26.2 Å². The van der Waals surface area contributed by atoms with Gasteiger partial charge in [-0.25, -0.2) is 9.78 Å². The van der Waals surface area contributed by atoms with Crippen LogP contribution in [0.1, 0.15) is 23.2 Å². The maximum atomic E-state index is 12.4. The Labute approximate surface area is 170 Å². The summed E-state index contributed by atoms with van der Waals surface area (Å²) < 4.78 is 7.40. The van der Waals surface area contributed by atoms with Crippen LogP contribution in [0.5, 0.6) is 5.75 Å². The molecule has 1 unspecified atom stereocenters. The van der Waals surface area contributed by atoms with E-state index in [1.54, 1.807) is 13.4 Å². The average molecular weight is 390 g/mol. The Hall–Kier alpha value is -3.28. The maximum Gasteiger partial charge on any atom is 0.319 e. The van der Waals surface area contributed by atoms with E-state index < -0.39 is 0 Å². The summed E-state index contributed by atoms with van der Waals surface area (Å²) in [7, 11) is 1.62. The first-order valence-electron chi connectivity index (χ1n) is 9.93. The van der Waals surface area contributed by atoms with Gasteiger partial charge in [-0.2, -0.15) is 0 Å². The lowest BCUT2D eigenvalue weighted by Gasteiger charge is -2.24. The third-order valence-corrected chi connectivity index (χ3v) is 5.43. The van der Waals surface area contributed by atoms with Gasteiger partial charge in [-0.1, -0.05) is 24.3 Å². The highest BCUT2D eigenvalue weighted by Gasteiger charge is 2.19. The van der Waals surface area contributed by atoms with Gasteiger partial charge in [-0.05, 0) is 55.4 Å². The summed E-state index contributed by atoms with van der Waals surface area (Å²) in [5.74, 6) is 1.14. The van der Waals surface area contributed by atoms with Crippen LogP contribution >= 0.6 is 0 Å². The van der Waals surface area contributed by atoms with Gasteiger partial charge in [0.05, 0.1) is 24.8 Å². The molecule has 0 spiro atoms. The molecule has 0 bridgehead atoms. The van der Waals surface area contributed by atoms with Crippen molar-refractivity contribution >= 4 is 11.7 Å². The van der Waals surface area contributed by atoms with Crippen molar-refractivity contribution in [3.63, 3.8) is 0 Å². The number of imidazole rings is 1. The second-order valence-electron chi connectivity index (χ2n) is 7.52. The minimum atomic E-state index is -0.197. The summed E-state index contributed by atoms with van der Waals surface area (Å²) in [5.41, 5.74) is 5.34. The summed E-state index contributed by atoms with van der Waals surface area (Å²) in [5, 5.41) is 5.92. The summed E-state index contributed by atoms with van der Waals surface area (Å²) in [6.07, 6.45) is 6.87. The molecule has 1 aliphatic carbocycles. The van der Waals surface area contributed by atoms with Gasteiger partial charge in [-0.15, -0.1) is 0 Å². The largest absolute Gasteiger partial charge is 0.494 e. The topological polar surface area (TPSA) is 68.2 Å². The molecule has 1 aromatic heterocycles. The third kappa shape index (κ3) is 4.42. The number of carbonyl (C=O) groups excluding carboxylic acids is 1. The Morgan fingerprint density at radius 3 is 2.83 bits per heavy atom. The van der Waals surface area contributed by atoms with E-state index in [4.69, 9.17) is 4.74 Å². The fourth-order valence-electron chi connectivity index (χ4n) is 3.88. The molecular weight excluding hydrogens is 364 g/mol. The molecule has 6 nitrogen and oxygen atoms in total. The number of aromatic nitrogens is 2. The van der Waals surface area contributed by atoms with Crippen LogP contribution in [-0.2, 0) is 12.8 Å². The van der Waals surface area contributed by atoms with Gasteiger partial charge in [0.1, 0.15) is 5.75 Å². The number of fused-ring (bicyclic) bond motifs is 1. The van der Waals surface area contributed by atoms with Crippen LogP contribution in [0.4, 0.5) is 10.5 Å². The van der Waals surface area contributed by atoms with Crippen LogP contribution < -0.4 is 15.4 Å². The average Bonchev–Trinajstić information content (AvgIpc) is 3.18. The van der Waals surface area contributed by atoms with E-state index in [1.807, 2.05) is 35.9 Å². The highest BCUT2D eigenvalue weighted by molar-refractivity contribution is 5.89. The predicted octanol–water partition coefficient (Wildman–Crippen LogP) is 4.12. The molecule has 0 radical (unpaired) electrons. The summed E-state index contributed by atoms with van der Waals surface area (Å²) in [6, 6.07) is 14.0. The number of nitrogens with one attached hydrogen (secondary N) is 2. The molecule has 2 aromatic carbocycles. The van der Waals surface area contributed by atoms with Crippen molar-refractivity contribution in [1.82, 2.24) is 14.9 Å². The van der Waals surface area contributed by atoms with E-state index in [-0.39, 0.29) is 6.03 Å². The molecule has 0 aliphatic heterocycles. The number of hydrogen-bond acceptors (Lipinski definition) is 3. The van der Waals surface area contributed by atoms with E-state index >= 15 is 0 Å². The highest BCUT2D eigenvalue weighted by atomic mass is 16.5. The lowest BCUT2D eigenvalue weighted by atomic mass is 9.84. The zero-order chi connectivity index (χ0) is 20.2. The molecule has 150 valence electrons. The Bertz CT molecular complexity index is 1010. The molecule has 0 saturated heterocycles. The fraction of sp³-hybridized carbons (Fsp3) is 0.304. The number of hydrogen-bond donors (Lipinski definition) is 2. The number of rotatable bonds is 5. The van der Waals surface area contributed by atoms with Gasteiger partial charge in [0.25, 0.3) is 0 Å². The second kappa shape index (κ2) is 8.39. The SMILES string of the molecule is COc1cc(NC(=O)NCC2CCc3ccccc3C2)ccc1-n1cnc(C)c1. The fourth-order valence-corrected chi connectivity index (χ4v) is 3.88. The molecular formula is C23H26N4O2. The number of ether oxygens (including phenoxy) is 1. The van der Waals surface area contributed by atoms with Gasteiger partial charge in [-0.3, -0.25) is 0 Å². The smallest absolute Gasteiger partial charge is 0.319 e. The number of anilines is 1. The van der Waals surface area contributed by atoms with Crippen molar-refractivity contribution in [2.75, 3.05) is 19.0 Å². The van der Waals surface area contributed by atoms with E-state index in [2.05, 4.69) is 39.9 Å². The molecule has 6 heteroatoms. The first-order valence-corrected chi connectivity index (χ1v) is 9.93. The van der Waals surface area contributed by atoms with E-state index in [0.717, 1.165) is 30.6 Å². The Balaban J connectivity index is 1.35. The molecule has 0 fully saturated rings. The van der Waals surface area contributed by atoms with Crippen LogP contribution in [0.15, 0.2) is 55.0 Å². The first kappa shape index (κ1) is 19.1. The van der Waals surface area contributed by atoms with E-state index in [9.17, 15) is 4.79 Å². The number of aryl methyl sites for hydroxylation is 2. The van der Waals surface area contributed by atoms with Crippen molar-refractivity contribution in [2.24, 2.45) is 5.92 Å². The maximum absolute atomic E-state index is 12.4. The molecule has 3 aromatic rings. The summed E-state index contributed by atoms with van der Waals surface area (Å²) in [4.78, 5) is 16.6. The molecule has 1 heterocycles. The molecule has 4 rings (SSSR count). The van der Waals surface area contributed by atoms with Crippen molar-refractivity contribution in [1.29, 1.82) is 0 Å². The normalized spacial score (nSPS) is 15.4. The Morgan fingerprint density at radius 2 is 2.07 bits per heavy atom. The van der Waals surface area contributed by atoms with Gasteiger partial charge in [0.15, 0.2) is 0 Å². The number of urea groups is 1. The minimum absolute atomic E-state index is 0.197. The minimum Gasteiger partial charge on any atom is -0.494 e. The number of amides is 2. The first-order chi connectivity index (χ1) is 14.1. The van der Waals surface area contributed by atoms with Crippen molar-refractivity contribution < 1.29 is 9.53 Å². The van der Waals surface area contributed by atoms with E-state index in [1.165, 1.54) is 11.1 Å². The lowest BCUT2D eigenvalue weighted by Crippen LogP contribution is -2.35.